The Bertz CT molecular complexity index is 360. The fourth-order valence-electron chi connectivity index (χ4n) is 1.34. The van der Waals surface area contributed by atoms with Crippen molar-refractivity contribution in [3.05, 3.63) is 16.1 Å². The molecule has 1 aromatic rings. The van der Waals surface area contributed by atoms with Gasteiger partial charge in [-0.3, -0.25) is 4.79 Å². The Labute approximate surface area is 107 Å². The number of hydrogen-bond donors (Lipinski definition) is 1. The highest BCUT2D eigenvalue weighted by molar-refractivity contribution is 7.09. The first-order valence-corrected chi connectivity index (χ1v) is 6.77. The van der Waals surface area contributed by atoms with Gasteiger partial charge in [0, 0.05) is 17.8 Å². The Morgan fingerprint density at radius 2 is 2.24 bits per heavy atom. The third kappa shape index (κ3) is 4.83. The molecule has 1 rings (SSSR count). The van der Waals surface area contributed by atoms with Crippen molar-refractivity contribution in [2.75, 3.05) is 27.2 Å². The zero-order valence-electron chi connectivity index (χ0n) is 11.0. The largest absolute Gasteiger partial charge is 0.351 e. The van der Waals surface area contributed by atoms with Gasteiger partial charge in [0.1, 0.15) is 5.69 Å². The second-order valence-corrected chi connectivity index (χ2v) is 5.53. The lowest BCUT2D eigenvalue weighted by Crippen LogP contribution is -2.27. The van der Waals surface area contributed by atoms with Crippen molar-refractivity contribution in [3.63, 3.8) is 0 Å². The molecule has 0 aliphatic heterocycles. The van der Waals surface area contributed by atoms with E-state index in [0.29, 0.717) is 18.2 Å². The zero-order valence-corrected chi connectivity index (χ0v) is 11.8. The van der Waals surface area contributed by atoms with E-state index in [1.807, 2.05) is 19.5 Å². The van der Waals surface area contributed by atoms with Gasteiger partial charge in [-0.05, 0) is 27.1 Å². The van der Waals surface area contributed by atoms with Crippen molar-refractivity contribution in [3.8, 4) is 0 Å². The van der Waals surface area contributed by atoms with Gasteiger partial charge >= 0.3 is 0 Å². The van der Waals surface area contributed by atoms with Crippen molar-refractivity contribution < 1.29 is 4.79 Å². The summed E-state index contributed by atoms with van der Waals surface area (Å²) in [6.45, 7) is 5.84. The number of aromatic nitrogens is 1. The summed E-state index contributed by atoms with van der Waals surface area (Å²) in [6.07, 6.45) is 0.958. The molecule has 0 aliphatic rings. The number of nitrogens with zero attached hydrogens (tertiary/aromatic N) is 2. The number of carbonyl (C=O) groups excluding carboxylic acids is 1. The van der Waals surface area contributed by atoms with Crippen LogP contribution in [0, 0.1) is 0 Å². The molecule has 5 heteroatoms. The van der Waals surface area contributed by atoms with Crippen LogP contribution >= 0.6 is 11.3 Å². The highest BCUT2D eigenvalue weighted by atomic mass is 32.1. The van der Waals surface area contributed by atoms with Crippen LogP contribution < -0.4 is 5.32 Å². The van der Waals surface area contributed by atoms with Crippen LogP contribution in [-0.4, -0.2) is 43.0 Å². The van der Waals surface area contributed by atoms with Crippen molar-refractivity contribution in [2.45, 2.75) is 26.2 Å². The minimum atomic E-state index is -0.0630. The maximum absolute atomic E-state index is 11.7. The Hall–Kier alpha value is -0.940. The summed E-state index contributed by atoms with van der Waals surface area (Å²) in [6, 6.07) is 0. The molecule has 1 heterocycles. The predicted octanol–water partition coefficient (Wildman–Crippen LogP) is 1.95. The van der Waals surface area contributed by atoms with E-state index >= 15 is 0 Å². The highest BCUT2D eigenvalue weighted by Crippen LogP contribution is 2.18. The zero-order chi connectivity index (χ0) is 12.8. The molecule has 17 heavy (non-hydrogen) atoms. The SMILES string of the molecule is CC(C)c1nc(C(=O)NCCCN(C)C)cs1. The lowest BCUT2D eigenvalue weighted by Gasteiger charge is -2.09. The molecule has 0 radical (unpaired) electrons. The summed E-state index contributed by atoms with van der Waals surface area (Å²) in [5, 5.41) is 5.73. The van der Waals surface area contributed by atoms with Gasteiger partial charge in [-0.2, -0.15) is 0 Å². The molecule has 1 aromatic heterocycles. The van der Waals surface area contributed by atoms with Crippen molar-refractivity contribution >= 4 is 17.2 Å². The third-order valence-electron chi connectivity index (χ3n) is 2.32. The van der Waals surface area contributed by atoms with Gasteiger partial charge in [-0.25, -0.2) is 4.98 Å². The topological polar surface area (TPSA) is 45.2 Å². The lowest BCUT2D eigenvalue weighted by molar-refractivity contribution is 0.0948. The first kappa shape index (κ1) is 14.1. The fraction of sp³-hybridized carbons (Fsp3) is 0.667. The summed E-state index contributed by atoms with van der Waals surface area (Å²) >= 11 is 1.55. The summed E-state index contributed by atoms with van der Waals surface area (Å²) in [7, 11) is 4.05. The molecule has 0 fully saturated rings. The first-order chi connectivity index (χ1) is 8.00. The van der Waals surface area contributed by atoms with Gasteiger partial charge < -0.3 is 10.2 Å². The van der Waals surface area contributed by atoms with Gasteiger partial charge in [-0.15, -0.1) is 11.3 Å². The molecule has 0 spiro atoms. The van der Waals surface area contributed by atoms with Gasteiger partial charge in [0.2, 0.25) is 0 Å². The average Bonchev–Trinajstić information content (AvgIpc) is 2.73. The van der Waals surface area contributed by atoms with Crippen molar-refractivity contribution in [1.29, 1.82) is 0 Å². The molecule has 0 atom stereocenters. The first-order valence-electron chi connectivity index (χ1n) is 5.89. The lowest BCUT2D eigenvalue weighted by atomic mass is 10.2. The fourth-order valence-corrected chi connectivity index (χ4v) is 2.16. The number of hydrogen-bond acceptors (Lipinski definition) is 4. The minimum Gasteiger partial charge on any atom is -0.351 e. The monoisotopic (exact) mass is 255 g/mol. The number of nitrogens with one attached hydrogen (secondary N) is 1. The maximum atomic E-state index is 11.7. The second kappa shape index (κ2) is 6.71. The molecule has 96 valence electrons. The molecular formula is C12H21N3OS. The smallest absolute Gasteiger partial charge is 0.270 e. The summed E-state index contributed by atoms with van der Waals surface area (Å²) in [4.78, 5) is 18.2. The van der Waals surface area contributed by atoms with E-state index in [4.69, 9.17) is 0 Å². The second-order valence-electron chi connectivity index (χ2n) is 4.64. The van der Waals surface area contributed by atoms with Crippen LogP contribution in [0.5, 0.6) is 0 Å². The molecule has 4 nitrogen and oxygen atoms in total. The van der Waals surface area contributed by atoms with Gasteiger partial charge in [0.15, 0.2) is 0 Å². The number of carbonyl (C=O) groups is 1. The van der Waals surface area contributed by atoms with Crippen LogP contribution in [-0.2, 0) is 0 Å². The predicted molar refractivity (Wildman–Crippen MR) is 71.7 cm³/mol. The van der Waals surface area contributed by atoms with Crippen LogP contribution in [0.25, 0.3) is 0 Å². The molecule has 0 unspecified atom stereocenters. The summed E-state index contributed by atoms with van der Waals surface area (Å²) in [5.74, 6) is 0.321. The molecule has 0 aromatic carbocycles. The van der Waals surface area contributed by atoms with E-state index in [0.717, 1.165) is 18.0 Å². The molecule has 0 bridgehead atoms. The molecular weight excluding hydrogens is 234 g/mol. The van der Waals surface area contributed by atoms with Crippen LogP contribution in [0.4, 0.5) is 0 Å². The molecule has 1 N–H and O–H groups in total. The standard InChI is InChI=1S/C12H21N3OS/c1-9(2)12-14-10(8-17-12)11(16)13-6-5-7-15(3)4/h8-9H,5-7H2,1-4H3,(H,13,16). The summed E-state index contributed by atoms with van der Waals surface area (Å²) in [5.41, 5.74) is 0.545. The van der Waals surface area contributed by atoms with E-state index in [1.165, 1.54) is 0 Å². The molecule has 1 amide bonds. The Balaban J connectivity index is 2.36. The average molecular weight is 255 g/mol. The summed E-state index contributed by atoms with van der Waals surface area (Å²) < 4.78 is 0. The van der Waals surface area contributed by atoms with Crippen molar-refractivity contribution in [1.82, 2.24) is 15.2 Å². The molecule has 0 saturated carbocycles. The highest BCUT2D eigenvalue weighted by Gasteiger charge is 2.11. The van der Waals surface area contributed by atoms with E-state index < -0.39 is 0 Å². The van der Waals surface area contributed by atoms with Crippen LogP contribution in [0.2, 0.25) is 0 Å². The van der Waals surface area contributed by atoms with Crippen molar-refractivity contribution in [2.24, 2.45) is 0 Å². The van der Waals surface area contributed by atoms with Crippen LogP contribution in [0.3, 0.4) is 0 Å². The maximum Gasteiger partial charge on any atom is 0.270 e. The van der Waals surface area contributed by atoms with E-state index in [1.54, 1.807) is 11.3 Å². The van der Waals surface area contributed by atoms with Gasteiger partial charge in [0.25, 0.3) is 5.91 Å². The normalized spacial score (nSPS) is 11.2. The number of amides is 1. The van der Waals surface area contributed by atoms with E-state index in [9.17, 15) is 4.79 Å². The molecule has 0 aliphatic carbocycles. The van der Waals surface area contributed by atoms with Crippen LogP contribution in [0.1, 0.15) is 41.7 Å². The van der Waals surface area contributed by atoms with Crippen LogP contribution in [0.15, 0.2) is 5.38 Å². The Morgan fingerprint density at radius 1 is 1.53 bits per heavy atom. The van der Waals surface area contributed by atoms with E-state index in [2.05, 4.69) is 29.0 Å². The number of thiazole rings is 1. The molecule has 0 saturated heterocycles. The number of rotatable bonds is 6. The van der Waals surface area contributed by atoms with Gasteiger partial charge in [0.05, 0.1) is 5.01 Å². The quantitative estimate of drug-likeness (QED) is 0.790. The Kier molecular flexibility index (Phi) is 5.58. The Morgan fingerprint density at radius 3 is 2.76 bits per heavy atom. The van der Waals surface area contributed by atoms with Gasteiger partial charge in [-0.1, -0.05) is 13.8 Å². The van der Waals surface area contributed by atoms with E-state index in [-0.39, 0.29) is 5.91 Å². The third-order valence-corrected chi connectivity index (χ3v) is 3.46. The minimum absolute atomic E-state index is 0.0630.